The van der Waals surface area contributed by atoms with Gasteiger partial charge in [0.2, 0.25) is 5.91 Å². The molecule has 0 unspecified atom stereocenters. The van der Waals surface area contributed by atoms with Gasteiger partial charge in [0.25, 0.3) is 10.0 Å². The first-order valence-corrected chi connectivity index (χ1v) is 10.0. The lowest BCUT2D eigenvalue weighted by molar-refractivity contribution is -0.126. The van der Waals surface area contributed by atoms with Crippen molar-refractivity contribution in [1.29, 1.82) is 0 Å². The molecule has 1 aliphatic rings. The van der Waals surface area contributed by atoms with Crippen LogP contribution in [0, 0.1) is 11.6 Å². The second-order valence-corrected chi connectivity index (χ2v) is 7.90. The molecule has 0 bridgehead atoms. The van der Waals surface area contributed by atoms with Crippen LogP contribution in [0.15, 0.2) is 60.0 Å². The molecule has 148 valence electrons. The van der Waals surface area contributed by atoms with E-state index in [4.69, 9.17) is 0 Å². The summed E-state index contributed by atoms with van der Waals surface area (Å²) in [6, 6.07) is 8.96. The van der Waals surface area contributed by atoms with Crippen LogP contribution < -0.4 is 9.62 Å². The van der Waals surface area contributed by atoms with Gasteiger partial charge in [0.1, 0.15) is 16.5 Å². The molecule has 0 radical (unpaired) electrons. The summed E-state index contributed by atoms with van der Waals surface area (Å²) in [7, 11) is -4.21. The smallest absolute Gasteiger partial charge is 0.264 e. The standard InChI is InChI=1S/C19H19F2N3O3S/c1-2-19(25)24-10-8-23(9-11-24)16-5-3-4-15(13-16)22-28(26,27)18-7-6-14(20)12-17(18)21/h2-7,12-13,22H,1,8-11H2. The minimum atomic E-state index is -4.21. The van der Waals surface area contributed by atoms with Crippen LogP contribution >= 0.6 is 0 Å². The van der Waals surface area contributed by atoms with Gasteiger partial charge in [-0.2, -0.15) is 0 Å². The molecule has 0 atom stereocenters. The van der Waals surface area contributed by atoms with Crippen LogP contribution in [-0.2, 0) is 14.8 Å². The third-order valence-corrected chi connectivity index (χ3v) is 5.83. The lowest BCUT2D eigenvalue weighted by atomic mass is 10.2. The number of nitrogens with zero attached hydrogens (tertiary/aromatic N) is 2. The SMILES string of the molecule is C=CC(=O)N1CCN(c2cccc(NS(=O)(=O)c3ccc(F)cc3F)c2)CC1. The molecule has 1 heterocycles. The number of carbonyl (C=O) groups excluding carboxylic acids is 1. The van der Waals surface area contributed by atoms with E-state index in [-0.39, 0.29) is 11.6 Å². The van der Waals surface area contributed by atoms with Crippen molar-refractivity contribution in [3.05, 3.63) is 66.8 Å². The molecular weight excluding hydrogens is 388 g/mol. The molecule has 1 aliphatic heterocycles. The van der Waals surface area contributed by atoms with E-state index < -0.39 is 26.6 Å². The molecule has 1 amide bonds. The van der Waals surface area contributed by atoms with Crippen molar-refractivity contribution in [3.8, 4) is 0 Å². The molecule has 0 saturated carbocycles. The van der Waals surface area contributed by atoms with Crippen molar-refractivity contribution in [2.45, 2.75) is 4.90 Å². The number of halogens is 2. The number of sulfonamides is 1. The zero-order chi connectivity index (χ0) is 20.3. The molecule has 9 heteroatoms. The van der Waals surface area contributed by atoms with Crippen LogP contribution in [0.3, 0.4) is 0 Å². The second-order valence-electron chi connectivity index (χ2n) is 6.25. The Kier molecular flexibility index (Phi) is 5.64. The molecule has 1 saturated heterocycles. The Morgan fingerprint density at radius 3 is 2.43 bits per heavy atom. The highest BCUT2D eigenvalue weighted by Crippen LogP contribution is 2.24. The van der Waals surface area contributed by atoms with Crippen molar-refractivity contribution >= 4 is 27.3 Å². The minimum absolute atomic E-state index is 0.123. The van der Waals surface area contributed by atoms with Gasteiger partial charge < -0.3 is 9.80 Å². The summed E-state index contributed by atoms with van der Waals surface area (Å²) in [5.74, 6) is -2.14. The van der Waals surface area contributed by atoms with Crippen molar-refractivity contribution in [1.82, 2.24) is 4.90 Å². The molecule has 2 aromatic rings. The lowest BCUT2D eigenvalue weighted by Gasteiger charge is -2.35. The van der Waals surface area contributed by atoms with E-state index in [1.165, 1.54) is 6.08 Å². The van der Waals surface area contributed by atoms with Gasteiger partial charge in [-0.1, -0.05) is 12.6 Å². The number of amides is 1. The zero-order valence-corrected chi connectivity index (χ0v) is 15.8. The Bertz CT molecular complexity index is 1000. The van der Waals surface area contributed by atoms with E-state index in [9.17, 15) is 22.0 Å². The van der Waals surface area contributed by atoms with Gasteiger partial charge >= 0.3 is 0 Å². The van der Waals surface area contributed by atoms with Crippen molar-refractivity contribution < 1.29 is 22.0 Å². The third kappa shape index (κ3) is 4.30. The molecule has 0 spiro atoms. The van der Waals surface area contributed by atoms with Crippen molar-refractivity contribution in [3.63, 3.8) is 0 Å². The fourth-order valence-electron chi connectivity index (χ4n) is 2.98. The predicted molar refractivity (Wildman–Crippen MR) is 103 cm³/mol. The Labute approximate surface area is 162 Å². The highest BCUT2D eigenvalue weighted by atomic mass is 32.2. The van der Waals surface area contributed by atoms with E-state index in [0.29, 0.717) is 32.2 Å². The first-order valence-electron chi connectivity index (χ1n) is 8.54. The minimum Gasteiger partial charge on any atom is -0.368 e. The fraction of sp³-hybridized carbons (Fsp3) is 0.211. The number of benzene rings is 2. The zero-order valence-electron chi connectivity index (χ0n) is 14.9. The summed E-state index contributed by atoms with van der Waals surface area (Å²) in [5, 5.41) is 0. The Morgan fingerprint density at radius 2 is 1.79 bits per heavy atom. The van der Waals surface area contributed by atoms with E-state index >= 15 is 0 Å². The van der Waals surface area contributed by atoms with Gasteiger partial charge in [-0.3, -0.25) is 9.52 Å². The Balaban J connectivity index is 1.75. The fourth-order valence-corrected chi connectivity index (χ4v) is 4.09. The van der Waals surface area contributed by atoms with Gasteiger partial charge in [0.05, 0.1) is 5.69 Å². The highest BCUT2D eigenvalue weighted by molar-refractivity contribution is 7.92. The quantitative estimate of drug-likeness (QED) is 0.774. The van der Waals surface area contributed by atoms with Crippen LogP contribution in [-0.4, -0.2) is 45.4 Å². The molecule has 2 aromatic carbocycles. The monoisotopic (exact) mass is 407 g/mol. The largest absolute Gasteiger partial charge is 0.368 e. The molecule has 3 rings (SSSR count). The molecule has 1 N–H and O–H groups in total. The third-order valence-electron chi connectivity index (χ3n) is 4.41. The average Bonchev–Trinajstić information content (AvgIpc) is 2.67. The molecule has 6 nitrogen and oxygen atoms in total. The van der Waals surface area contributed by atoms with Crippen LogP contribution in [0.1, 0.15) is 0 Å². The van der Waals surface area contributed by atoms with Gasteiger partial charge in [-0.05, 0) is 36.4 Å². The van der Waals surface area contributed by atoms with Crippen molar-refractivity contribution in [2.75, 3.05) is 35.8 Å². The lowest BCUT2D eigenvalue weighted by Crippen LogP contribution is -2.48. The normalized spacial score (nSPS) is 14.6. The second kappa shape index (κ2) is 7.97. The Hall–Kier alpha value is -2.94. The number of anilines is 2. The maximum atomic E-state index is 13.8. The first kappa shape index (κ1) is 19.8. The van der Waals surface area contributed by atoms with E-state index in [0.717, 1.165) is 17.8 Å². The highest BCUT2D eigenvalue weighted by Gasteiger charge is 2.22. The van der Waals surface area contributed by atoms with Gasteiger partial charge in [0.15, 0.2) is 0 Å². The Morgan fingerprint density at radius 1 is 1.07 bits per heavy atom. The molecular formula is C19H19F2N3O3S. The summed E-state index contributed by atoms with van der Waals surface area (Å²) in [6.07, 6.45) is 1.28. The molecule has 28 heavy (non-hydrogen) atoms. The van der Waals surface area contributed by atoms with E-state index in [1.807, 2.05) is 11.0 Å². The predicted octanol–water partition coefficient (Wildman–Crippen LogP) is 2.60. The topological polar surface area (TPSA) is 69.7 Å². The van der Waals surface area contributed by atoms with Crippen LogP contribution in [0.25, 0.3) is 0 Å². The van der Waals surface area contributed by atoms with Crippen LogP contribution in [0.2, 0.25) is 0 Å². The summed E-state index contributed by atoms with van der Waals surface area (Å²) in [6.45, 7) is 5.71. The number of piperazine rings is 1. The summed E-state index contributed by atoms with van der Waals surface area (Å²) >= 11 is 0. The van der Waals surface area contributed by atoms with Gasteiger partial charge in [-0.25, -0.2) is 17.2 Å². The number of nitrogens with one attached hydrogen (secondary N) is 1. The van der Waals surface area contributed by atoms with E-state index in [2.05, 4.69) is 11.3 Å². The van der Waals surface area contributed by atoms with Crippen LogP contribution in [0.4, 0.5) is 20.2 Å². The maximum absolute atomic E-state index is 13.8. The first-order chi connectivity index (χ1) is 13.3. The van der Waals surface area contributed by atoms with Gasteiger partial charge in [-0.15, -0.1) is 0 Å². The summed E-state index contributed by atoms with van der Waals surface area (Å²) < 4.78 is 54.1. The van der Waals surface area contributed by atoms with Crippen molar-refractivity contribution in [2.24, 2.45) is 0 Å². The van der Waals surface area contributed by atoms with Crippen LogP contribution in [0.5, 0.6) is 0 Å². The van der Waals surface area contributed by atoms with Gasteiger partial charge in [0, 0.05) is 37.9 Å². The number of carbonyl (C=O) groups is 1. The molecule has 1 fully saturated rings. The average molecular weight is 407 g/mol. The van der Waals surface area contributed by atoms with E-state index in [1.54, 1.807) is 23.1 Å². The molecule has 0 aromatic heterocycles. The number of rotatable bonds is 5. The summed E-state index contributed by atoms with van der Waals surface area (Å²) in [5.41, 5.74) is 1.02. The maximum Gasteiger partial charge on any atom is 0.264 e. The number of hydrogen-bond acceptors (Lipinski definition) is 4. The summed E-state index contributed by atoms with van der Waals surface area (Å²) in [4.78, 5) is 14.7. The number of hydrogen-bond donors (Lipinski definition) is 1. The molecule has 0 aliphatic carbocycles.